The first kappa shape index (κ1) is 36.5. The number of amides is 4. The lowest BCUT2D eigenvalue weighted by Gasteiger charge is -2.09. The standard InChI is InChI=1S/C22H40N4O9.C2H6/c1-3-4-19(28)23-6-8-33-10-12-35-14-13-34-11-9-32-7-5-20(29)25-16-22(31)26-17-21(30)24-15-18(2)27;1-2/h3-17H2,1-2H3,(H,23,28)(H,24,30)(H,25,29)(H,26,31);1-2H3. The van der Waals surface area contributed by atoms with Crippen molar-refractivity contribution in [3.8, 4) is 0 Å². The quantitative estimate of drug-likeness (QED) is 0.124. The third-order valence-corrected chi connectivity index (χ3v) is 4.06. The van der Waals surface area contributed by atoms with Crippen LogP contribution in [0.15, 0.2) is 0 Å². The zero-order valence-electron chi connectivity index (χ0n) is 22.8. The second-order valence-corrected chi connectivity index (χ2v) is 7.33. The lowest BCUT2D eigenvalue weighted by molar-refractivity contribution is -0.128. The van der Waals surface area contributed by atoms with Crippen LogP contribution in [0.4, 0.5) is 0 Å². The maximum absolute atomic E-state index is 11.7. The number of rotatable bonds is 23. The number of carbonyl (C=O) groups excluding carboxylic acids is 5. The zero-order valence-corrected chi connectivity index (χ0v) is 22.8. The smallest absolute Gasteiger partial charge is 0.239 e. The number of nitrogens with one attached hydrogen (secondary N) is 4. The van der Waals surface area contributed by atoms with Gasteiger partial charge in [-0.25, -0.2) is 0 Å². The summed E-state index contributed by atoms with van der Waals surface area (Å²) in [5.74, 6) is -1.53. The highest BCUT2D eigenvalue weighted by Gasteiger charge is 2.08. The minimum absolute atomic E-state index is 0.0317. The Hall–Kier alpha value is -2.61. The molecule has 0 aliphatic carbocycles. The van der Waals surface area contributed by atoms with Crippen LogP contribution < -0.4 is 21.3 Å². The van der Waals surface area contributed by atoms with Crippen LogP contribution in [0.5, 0.6) is 0 Å². The van der Waals surface area contributed by atoms with Gasteiger partial charge in [-0.2, -0.15) is 0 Å². The van der Waals surface area contributed by atoms with Gasteiger partial charge >= 0.3 is 0 Å². The van der Waals surface area contributed by atoms with Crippen molar-refractivity contribution in [2.45, 2.75) is 47.0 Å². The van der Waals surface area contributed by atoms with Crippen LogP contribution in [0.3, 0.4) is 0 Å². The zero-order chi connectivity index (χ0) is 28.2. The van der Waals surface area contributed by atoms with Gasteiger partial charge in [-0.05, 0) is 13.3 Å². The van der Waals surface area contributed by atoms with Gasteiger partial charge < -0.3 is 40.2 Å². The van der Waals surface area contributed by atoms with Gasteiger partial charge in [0, 0.05) is 19.4 Å². The summed E-state index contributed by atoms with van der Waals surface area (Å²) in [6.07, 6.45) is 1.43. The molecular weight excluding hydrogens is 488 g/mol. The summed E-state index contributed by atoms with van der Waals surface area (Å²) in [6.45, 7) is 10.1. The molecule has 0 rings (SSSR count). The molecule has 216 valence electrons. The molecule has 37 heavy (non-hydrogen) atoms. The van der Waals surface area contributed by atoms with E-state index in [4.69, 9.17) is 18.9 Å². The number of ether oxygens (including phenoxy) is 4. The van der Waals surface area contributed by atoms with Gasteiger partial charge in [-0.15, -0.1) is 0 Å². The Morgan fingerprint density at radius 1 is 0.514 bits per heavy atom. The van der Waals surface area contributed by atoms with E-state index in [9.17, 15) is 24.0 Å². The van der Waals surface area contributed by atoms with E-state index in [1.54, 1.807) is 0 Å². The van der Waals surface area contributed by atoms with Crippen molar-refractivity contribution in [2.75, 3.05) is 79.0 Å². The van der Waals surface area contributed by atoms with Crippen LogP contribution in [-0.2, 0) is 42.9 Å². The molecule has 0 atom stereocenters. The first-order valence-electron chi connectivity index (χ1n) is 12.7. The highest BCUT2D eigenvalue weighted by molar-refractivity contribution is 5.89. The lowest BCUT2D eigenvalue weighted by Crippen LogP contribution is -2.42. The van der Waals surface area contributed by atoms with Crippen LogP contribution in [0.25, 0.3) is 0 Å². The Kier molecular flexibility index (Phi) is 27.6. The fourth-order valence-electron chi connectivity index (χ4n) is 2.30. The molecule has 0 spiro atoms. The molecule has 0 saturated carbocycles. The molecule has 4 N–H and O–H groups in total. The third-order valence-electron chi connectivity index (χ3n) is 4.06. The van der Waals surface area contributed by atoms with E-state index in [2.05, 4.69) is 21.3 Å². The maximum atomic E-state index is 11.7. The highest BCUT2D eigenvalue weighted by atomic mass is 16.6. The number of Topliss-reactive ketones (excluding diaryl/α,β-unsaturated/α-hetero) is 1. The molecular formula is C24H46N4O9. The molecule has 0 saturated heterocycles. The summed E-state index contributed by atoms with van der Waals surface area (Å²) >= 11 is 0. The van der Waals surface area contributed by atoms with Crippen molar-refractivity contribution >= 4 is 29.4 Å². The molecule has 0 bridgehead atoms. The molecule has 0 aromatic rings. The Morgan fingerprint density at radius 2 is 0.919 bits per heavy atom. The third kappa shape index (κ3) is 29.5. The number of hydrogen-bond acceptors (Lipinski definition) is 9. The highest BCUT2D eigenvalue weighted by Crippen LogP contribution is 1.87. The van der Waals surface area contributed by atoms with Crippen molar-refractivity contribution in [1.82, 2.24) is 21.3 Å². The molecule has 0 unspecified atom stereocenters. The number of hydrogen-bond donors (Lipinski definition) is 4. The van der Waals surface area contributed by atoms with Crippen molar-refractivity contribution in [2.24, 2.45) is 0 Å². The van der Waals surface area contributed by atoms with Crippen molar-refractivity contribution in [3.05, 3.63) is 0 Å². The molecule has 4 amide bonds. The average Bonchev–Trinajstić information content (AvgIpc) is 2.88. The van der Waals surface area contributed by atoms with E-state index in [0.717, 1.165) is 6.42 Å². The molecule has 0 aromatic heterocycles. The van der Waals surface area contributed by atoms with Crippen molar-refractivity contribution in [1.29, 1.82) is 0 Å². The van der Waals surface area contributed by atoms with Gasteiger partial charge in [0.2, 0.25) is 23.6 Å². The predicted octanol–water partition coefficient (Wildman–Crippen LogP) is -0.677. The van der Waals surface area contributed by atoms with E-state index in [-0.39, 0.29) is 50.3 Å². The molecule has 13 heteroatoms. The van der Waals surface area contributed by atoms with E-state index in [1.165, 1.54) is 6.92 Å². The van der Waals surface area contributed by atoms with E-state index in [0.29, 0.717) is 59.2 Å². The summed E-state index contributed by atoms with van der Waals surface area (Å²) < 4.78 is 21.3. The second kappa shape index (κ2) is 28.0. The number of carbonyl (C=O) groups is 5. The minimum atomic E-state index is -0.518. The SMILES string of the molecule is CC.CCCC(=O)NCCOCCOCCOCCOCCC(=O)NCC(=O)NCC(=O)NCC(C)=O. The average molecular weight is 535 g/mol. The van der Waals surface area contributed by atoms with Gasteiger partial charge in [0.05, 0.1) is 72.5 Å². The Morgan fingerprint density at radius 3 is 1.41 bits per heavy atom. The predicted molar refractivity (Wildman–Crippen MR) is 137 cm³/mol. The minimum Gasteiger partial charge on any atom is -0.379 e. The fraction of sp³-hybridized carbons (Fsp3) is 0.792. The van der Waals surface area contributed by atoms with Gasteiger partial charge in [0.25, 0.3) is 0 Å². The Labute approximate surface area is 220 Å². The van der Waals surface area contributed by atoms with Gasteiger partial charge in [0.1, 0.15) is 5.78 Å². The van der Waals surface area contributed by atoms with Crippen LogP contribution in [0, 0.1) is 0 Å². The monoisotopic (exact) mass is 534 g/mol. The van der Waals surface area contributed by atoms with E-state index >= 15 is 0 Å². The van der Waals surface area contributed by atoms with Gasteiger partial charge in [-0.3, -0.25) is 24.0 Å². The van der Waals surface area contributed by atoms with Crippen molar-refractivity contribution < 1.29 is 42.9 Å². The fourth-order valence-corrected chi connectivity index (χ4v) is 2.30. The van der Waals surface area contributed by atoms with Crippen molar-refractivity contribution in [3.63, 3.8) is 0 Å². The first-order valence-corrected chi connectivity index (χ1v) is 12.7. The molecule has 13 nitrogen and oxygen atoms in total. The normalized spacial score (nSPS) is 10.1. The second-order valence-electron chi connectivity index (χ2n) is 7.33. The number of ketones is 1. The largest absolute Gasteiger partial charge is 0.379 e. The maximum Gasteiger partial charge on any atom is 0.239 e. The topological polar surface area (TPSA) is 170 Å². The van der Waals surface area contributed by atoms with Crippen LogP contribution in [0.2, 0.25) is 0 Å². The Balaban J connectivity index is 0. The summed E-state index contributed by atoms with van der Waals surface area (Å²) in [6, 6.07) is 0. The summed E-state index contributed by atoms with van der Waals surface area (Å²) in [7, 11) is 0. The van der Waals surface area contributed by atoms with E-state index in [1.807, 2.05) is 20.8 Å². The Bertz CT molecular complexity index is 633. The molecule has 0 fully saturated rings. The van der Waals surface area contributed by atoms with E-state index < -0.39 is 11.8 Å². The molecule has 0 aromatic carbocycles. The molecule has 0 heterocycles. The molecule has 0 radical (unpaired) electrons. The summed E-state index contributed by atoms with van der Waals surface area (Å²) in [4.78, 5) is 56.6. The molecule has 0 aliphatic heterocycles. The lowest BCUT2D eigenvalue weighted by atomic mass is 10.3. The molecule has 0 aliphatic rings. The van der Waals surface area contributed by atoms with Crippen LogP contribution in [0.1, 0.15) is 47.0 Å². The van der Waals surface area contributed by atoms with Gasteiger partial charge in [0.15, 0.2) is 0 Å². The summed E-state index contributed by atoms with van der Waals surface area (Å²) in [5, 5.41) is 9.85. The van der Waals surface area contributed by atoms with Crippen LogP contribution >= 0.6 is 0 Å². The van der Waals surface area contributed by atoms with Gasteiger partial charge in [-0.1, -0.05) is 20.8 Å². The first-order chi connectivity index (χ1) is 17.8. The van der Waals surface area contributed by atoms with Crippen LogP contribution in [-0.4, -0.2) is 108 Å². The summed E-state index contributed by atoms with van der Waals surface area (Å²) in [5.41, 5.74) is 0.